The van der Waals surface area contributed by atoms with Gasteiger partial charge in [-0.2, -0.15) is 0 Å². The lowest BCUT2D eigenvalue weighted by atomic mass is 10.4. The molecule has 0 fully saturated rings. The summed E-state index contributed by atoms with van der Waals surface area (Å²) in [5.74, 6) is -0.0294. The van der Waals surface area contributed by atoms with Gasteiger partial charge in [-0.05, 0) is 12.1 Å². The van der Waals surface area contributed by atoms with Crippen molar-refractivity contribution in [3.05, 3.63) is 29.8 Å². The number of alkyl halides is 1. The Labute approximate surface area is 57.5 Å². The van der Waals surface area contributed by atoms with Gasteiger partial charge in [0, 0.05) is 6.20 Å². The Morgan fingerprint density at radius 2 is 2.44 bits per heavy atom. The van der Waals surface area contributed by atoms with E-state index in [1.54, 1.807) is 0 Å². The summed E-state index contributed by atoms with van der Waals surface area (Å²) in [5, 5.41) is 0. The number of hydrogen-bond donors (Lipinski definition) is 0. The Hall–Kier alpha value is -0.630. The van der Waals surface area contributed by atoms with E-state index in [1.807, 2.05) is 0 Å². The molecule has 0 atom stereocenters. The summed E-state index contributed by atoms with van der Waals surface area (Å²) >= 11 is 5.37. The second-order valence-electron chi connectivity index (χ2n) is 1.60. The zero-order valence-corrected chi connectivity index (χ0v) is 5.40. The molecule has 0 saturated carbocycles. The first-order chi connectivity index (χ1) is 4.33. The minimum Gasteiger partial charge on any atom is -0.260 e. The highest BCUT2D eigenvalue weighted by molar-refractivity contribution is 6.16. The number of pyridine rings is 1. The molecule has 1 rings (SSSR count). The van der Waals surface area contributed by atoms with Gasteiger partial charge in [-0.15, -0.1) is 11.6 Å². The van der Waals surface area contributed by atoms with Crippen molar-refractivity contribution in [1.82, 2.24) is 4.98 Å². The lowest BCUT2D eigenvalue weighted by molar-refractivity contribution is 0.623. The average molecular weight is 146 g/mol. The third-order valence-electron chi connectivity index (χ3n) is 0.916. The fourth-order valence-electron chi connectivity index (χ4n) is 0.522. The summed E-state index contributed by atoms with van der Waals surface area (Å²) in [6.45, 7) is 0. The maximum atomic E-state index is 12.3. The first kappa shape index (κ1) is 6.49. The van der Waals surface area contributed by atoms with E-state index >= 15 is 0 Å². The van der Waals surface area contributed by atoms with Crippen LogP contribution in [-0.2, 0) is 5.88 Å². The third-order valence-corrected chi connectivity index (χ3v) is 1.19. The molecule has 1 heterocycles. The fourth-order valence-corrected chi connectivity index (χ4v) is 0.668. The Bertz CT molecular complexity index is 202. The summed E-state index contributed by atoms with van der Waals surface area (Å²) in [7, 11) is 0. The Morgan fingerprint density at radius 1 is 1.67 bits per heavy atom. The largest absolute Gasteiger partial charge is 0.260 e. The topological polar surface area (TPSA) is 12.9 Å². The van der Waals surface area contributed by atoms with E-state index in [0.29, 0.717) is 5.69 Å². The van der Waals surface area contributed by atoms with Gasteiger partial charge >= 0.3 is 0 Å². The van der Waals surface area contributed by atoms with E-state index in [4.69, 9.17) is 11.6 Å². The van der Waals surface area contributed by atoms with Gasteiger partial charge in [0.15, 0.2) is 0 Å². The Kier molecular flexibility index (Phi) is 2.01. The van der Waals surface area contributed by atoms with Gasteiger partial charge < -0.3 is 0 Å². The van der Waals surface area contributed by atoms with Crippen LogP contribution in [0.3, 0.4) is 0 Å². The van der Waals surface area contributed by atoms with E-state index in [1.165, 1.54) is 18.3 Å². The van der Waals surface area contributed by atoms with Crippen molar-refractivity contribution in [3.8, 4) is 0 Å². The van der Waals surface area contributed by atoms with Crippen LogP contribution in [0.15, 0.2) is 18.3 Å². The van der Waals surface area contributed by atoms with Crippen LogP contribution in [0.4, 0.5) is 4.39 Å². The van der Waals surface area contributed by atoms with Crippen molar-refractivity contribution >= 4 is 11.6 Å². The molecule has 0 aliphatic heterocycles. The average Bonchev–Trinajstić information content (AvgIpc) is 1.88. The summed E-state index contributed by atoms with van der Waals surface area (Å²) in [6, 6.07) is 2.60. The zero-order chi connectivity index (χ0) is 6.69. The molecule has 0 N–H and O–H groups in total. The fraction of sp³-hybridized carbons (Fsp3) is 0.167. The van der Waals surface area contributed by atoms with Gasteiger partial charge in [-0.3, -0.25) is 4.98 Å². The van der Waals surface area contributed by atoms with Crippen LogP contribution >= 0.6 is 11.6 Å². The van der Waals surface area contributed by atoms with Crippen molar-refractivity contribution in [3.63, 3.8) is 0 Å². The monoisotopic (exact) mass is 145 g/mol. The maximum Gasteiger partial charge on any atom is 0.126 e. The summed E-state index contributed by atoms with van der Waals surface area (Å²) in [5.41, 5.74) is 0.566. The predicted octanol–water partition coefficient (Wildman–Crippen LogP) is 1.96. The van der Waals surface area contributed by atoms with Crippen LogP contribution in [0.2, 0.25) is 0 Å². The van der Waals surface area contributed by atoms with Gasteiger partial charge in [0.25, 0.3) is 0 Å². The highest BCUT2D eigenvalue weighted by Crippen LogP contribution is 2.01. The number of halogens is 2. The number of rotatable bonds is 1. The second kappa shape index (κ2) is 2.78. The Morgan fingerprint density at radius 3 is 2.89 bits per heavy atom. The quantitative estimate of drug-likeness (QED) is 0.551. The molecule has 0 saturated heterocycles. The van der Waals surface area contributed by atoms with Gasteiger partial charge in [0.2, 0.25) is 0 Å². The highest BCUT2D eigenvalue weighted by atomic mass is 35.5. The van der Waals surface area contributed by atoms with Crippen LogP contribution in [-0.4, -0.2) is 4.98 Å². The molecule has 9 heavy (non-hydrogen) atoms. The van der Waals surface area contributed by atoms with Crippen molar-refractivity contribution in [1.29, 1.82) is 0 Å². The lowest BCUT2D eigenvalue weighted by Crippen LogP contribution is -1.84. The van der Waals surface area contributed by atoms with Crippen LogP contribution in [0, 0.1) is 5.82 Å². The molecular weight excluding hydrogens is 141 g/mol. The normalized spacial score (nSPS) is 9.56. The van der Waals surface area contributed by atoms with Crippen LogP contribution in [0.1, 0.15) is 5.69 Å². The predicted molar refractivity (Wildman–Crippen MR) is 33.8 cm³/mol. The van der Waals surface area contributed by atoms with Crippen molar-refractivity contribution in [2.45, 2.75) is 5.88 Å². The molecule has 1 aromatic heterocycles. The molecule has 0 radical (unpaired) electrons. The number of hydrogen-bond acceptors (Lipinski definition) is 1. The first-order valence-corrected chi connectivity index (χ1v) is 3.03. The summed E-state index contributed by atoms with van der Waals surface area (Å²) < 4.78 is 12.3. The van der Waals surface area contributed by atoms with Gasteiger partial charge in [0.1, 0.15) is 5.82 Å². The van der Waals surface area contributed by atoms with Crippen molar-refractivity contribution in [2.24, 2.45) is 0 Å². The molecule has 0 bridgehead atoms. The highest BCUT2D eigenvalue weighted by Gasteiger charge is 1.91. The van der Waals surface area contributed by atoms with Crippen molar-refractivity contribution < 1.29 is 4.39 Å². The molecule has 0 aliphatic rings. The second-order valence-corrected chi connectivity index (χ2v) is 1.87. The molecule has 0 spiro atoms. The molecule has 48 valence electrons. The molecule has 3 heteroatoms. The van der Waals surface area contributed by atoms with E-state index < -0.39 is 0 Å². The molecule has 0 amide bonds. The smallest absolute Gasteiger partial charge is 0.126 e. The number of aromatic nitrogens is 1. The van der Waals surface area contributed by atoms with Crippen LogP contribution < -0.4 is 0 Å². The maximum absolute atomic E-state index is 12.3. The molecule has 0 unspecified atom stereocenters. The summed E-state index contributed by atoms with van der Waals surface area (Å²) in [6.07, 6.45) is 1.40. The molecule has 0 aromatic carbocycles. The van der Waals surface area contributed by atoms with E-state index in [9.17, 15) is 4.39 Å². The molecule has 1 nitrogen and oxygen atoms in total. The summed E-state index contributed by atoms with van der Waals surface area (Å²) in [4.78, 5) is 3.79. The standard InChI is InChI=1S/C6H5ClFN/c7-4-6-3-5(8)1-2-9-6/h1-3H,4H2. The van der Waals surface area contributed by atoms with E-state index in [-0.39, 0.29) is 11.7 Å². The zero-order valence-electron chi connectivity index (χ0n) is 4.64. The van der Waals surface area contributed by atoms with Gasteiger partial charge in [-0.1, -0.05) is 0 Å². The minimum absolute atomic E-state index is 0.262. The van der Waals surface area contributed by atoms with Gasteiger partial charge in [0.05, 0.1) is 11.6 Å². The Balaban J connectivity index is 2.94. The third kappa shape index (κ3) is 1.64. The van der Waals surface area contributed by atoms with Crippen molar-refractivity contribution in [2.75, 3.05) is 0 Å². The molecular formula is C6H5ClFN. The lowest BCUT2D eigenvalue weighted by Gasteiger charge is -1.90. The van der Waals surface area contributed by atoms with Crippen LogP contribution in [0.25, 0.3) is 0 Å². The molecule has 1 aromatic rings. The van der Waals surface area contributed by atoms with Crippen LogP contribution in [0.5, 0.6) is 0 Å². The van der Waals surface area contributed by atoms with Gasteiger partial charge in [-0.25, -0.2) is 4.39 Å². The van der Waals surface area contributed by atoms with E-state index in [2.05, 4.69) is 4.98 Å². The SMILES string of the molecule is Fc1ccnc(CCl)c1. The minimum atomic E-state index is -0.291. The number of nitrogens with zero attached hydrogens (tertiary/aromatic N) is 1. The van der Waals surface area contributed by atoms with E-state index in [0.717, 1.165) is 0 Å². The first-order valence-electron chi connectivity index (χ1n) is 2.49. The molecule has 0 aliphatic carbocycles.